The lowest BCUT2D eigenvalue weighted by Gasteiger charge is -2.32. The van der Waals surface area contributed by atoms with Gasteiger partial charge in [-0.05, 0) is 24.8 Å². The summed E-state index contributed by atoms with van der Waals surface area (Å²) in [6, 6.07) is 10.5. The number of amides is 2. The molecule has 0 unspecified atom stereocenters. The van der Waals surface area contributed by atoms with Gasteiger partial charge in [0.25, 0.3) is 0 Å². The van der Waals surface area contributed by atoms with Crippen LogP contribution in [-0.4, -0.2) is 36.9 Å². The third kappa shape index (κ3) is 3.41. The highest BCUT2D eigenvalue weighted by Gasteiger charge is 2.37. The van der Waals surface area contributed by atoms with Crippen molar-refractivity contribution in [2.45, 2.75) is 43.9 Å². The summed E-state index contributed by atoms with van der Waals surface area (Å²) in [4.78, 5) is 26.0. The zero-order chi connectivity index (χ0) is 16.3. The molecule has 1 saturated heterocycles. The summed E-state index contributed by atoms with van der Waals surface area (Å²) in [6.45, 7) is 1.37. The molecule has 2 fully saturated rings. The van der Waals surface area contributed by atoms with E-state index in [-0.39, 0.29) is 23.1 Å². The van der Waals surface area contributed by atoms with Crippen LogP contribution in [0.3, 0.4) is 0 Å². The summed E-state index contributed by atoms with van der Waals surface area (Å²) in [6.07, 6.45) is 5.81. The van der Waals surface area contributed by atoms with Gasteiger partial charge in [0.15, 0.2) is 0 Å². The summed E-state index contributed by atoms with van der Waals surface area (Å²) < 4.78 is 0. The van der Waals surface area contributed by atoms with Crippen LogP contribution in [0.4, 0.5) is 0 Å². The average Bonchev–Trinajstić information content (AvgIpc) is 3.06. The number of piperidine rings is 1. The van der Waals surface area contributed by atoms with E-state index < -0.39 is 0 Å². The average molecular weight is 314 g/mol. The van der Waals surface area contributed by atoms with Gasteiger partial charge in [-0.25, -0.2) is 0 Å². The largest absolute Gasteiger partial charge is 0.355 e. The molecular formula is C19H26N2O2. The molecule has 1 aliphatic carbocycles. The van der Waals surface area contributed by atoms with E-state index in [9.17, 15) is 9.59 Å². The maximum atomic E-state index is 12.5. The van der Waals surface area contributed by atoms with Crippen LogP contribution in [0, 0.1) is 5.92 Å². The van der Waals surface area contributed by atoms with Crippen molar-refractivity contribution in [1.29, 1.82) is 0 Å². The van der Waals surface area contributed by atoms with E-state index in [0.717, 1.165) is 19.3 Å². The van der Waals surface area contributed by atoms with Gasteiger partial charge in [-0.1, -0.05) is 43.2 Å². The van der Waals surface area contributed by atoms with Crippen LogP contribution in [-0.2, 0) is 15.0 Å². The van der Waals surface area contributed by atoms with Gasteiger partial charge in [0.2, 0.25) is 11.8 Å². The minimum absolute atomic E-state index is 0.0497. The first kappa shape index (κ1) is 16.0. The molecule has 1 heterocycles. The summed E-state index contributed by atoms with van der Waals surface area (Å²) in [5, 5.41) is 3.16. The van der Waals surface area contributed by atoms with E-state index in [1.807, 2.05) is 6.07 Å². The molecule has 3 rings (SSSR count). The van der Waals surface area contributed by atoms with Crippen LogP contribution in [0.25, 0.3) is 0 Å². The van der Waals surface area contributed by atoms with Crippen molar-refractivity contribution in [3.8, 4) is 0 Å². The standard InChI is InChI=1S/C19H26N2O2/c1-21-12-9-15(13-17(21)22)18(23)20-14-19(10-5-6-11-19)16-7-3-2-4-8-16/h2-4,7-8,15H,5-6,9-14H2,1H3,(H,20,23)/t15-/m1/s1. The second-order valence-electron chi connectivity index (χ2n) is 7.08. The smallest absolute Gasteiger partial charge is 0.223 e. The highest BCUT2D eigenvalue weighted by Crippen LogP contribution is 2.40. The Hall–Kier alpha value is -1.84. The van der Waals surface area contributed by atoms with Gasteiger partial charge < -0.3 is 10.2 Å². The number of likely N-dealkylation sites (tertiary alicyclic amines) is 1. The molecule has 2 amide bonds. The van der Waals surface area contributed by atoms with E-state index in [1.165, 1.54) is 18.4 Å². The molecule has 1 N–H and O–H groups in total. The van der Waals surface area contributed by atoms with Crippen molar-refractivity contribution in [2.75, 3.05) is 20.1 Å². The van der Waals surface area contributed by atoms with Crippen molar-refractivity contribution in [2.24, 2.45) is 5.92 Å². The Morgan fingerprint density at radius 2 is 1.96 bits per heavy atom. The SMILES string of the molecule is CN1CC[C@@H](C(=O)NCC2(c3ccccc3)CCCC2)CC1=O. The van der Waals surface area contributed by atoms with Gasteiger partial charge in [-0.15, -0.1) is 0 Å². The third-order valence-electron chi connectivity index (χ3n) is 5.58. The maximum Gasteiger partial charge on any atom is 0.223 e. The zero-order valence-corrected chi connectivity index (χ0v) is 13.9. The number of hydrogen-bond donors (Lipinski definition) is 1. The van der Waals surface area contributed by atoms with Gasteiger partial charge >= 0.3 is 0 Å². The van der Waals surface area contributed by atoms with Crippen molar-refractivity contribution in [3.63, 3.8) is 0 Å². The fraction of sp³-hybridized carbons (Fsp3) is 0.579. The lowest BCUT2D eigenvalue weighted by atomic mass is 9.78. The van der Waals surface area contributed by atoms with Crippen molar-refractivity contribution in [3.05, 3.63) is 35.9 Å². The molecular weight excluding hydrogens is 288 g/mol. The van der Waals surface area contributed by atoms with Gasteiger partial charge in [-0.3, -0.25) is 9.59 Å². The molecule has 1 saturated carbocycles. The molecule has 0 bridgehead atoms. The minimum atomic E-state index is -0.159. The van der Waals surface area contributed by atoms with Crippen molar-refractivity contribution in [1.82, 2.24) is 10.2 Å². The molecule has 124 valence electrons. The number of benzene rings is 1. The number of nitrogens with zero attached hydrogens (tertiary/aromatic N) is 1. The summed E-state index contributed by atoms with van der Waals surface area (Å²) in [5.41, 5.74) is 1.41. The molecule has 4 nitrogen and oxygen atoms in total. The summed E-state index contributed by atoms with van der Waals surface area (Å²) in [5.74, 6) is -0.0309. The molecule has 1 atom stereocenters. The number of nitrogens with one attached hydrogen (secondary N) is 1. The Bertz CT molecular complexity index is 564. The first-order chi connectivity index (χ1) is 11.1. The van der Waals surface area contributed by atoms with E-state index >= 15 is 0 Å². The van der Waals surface area contributed by atoms with E-state index in [4.69, 9.17) is 0 Å². The molecule has 4 heteroatoms. The van der Waals surface area contributed by atoms with Gasteiger partial charge in [-0.2, -0.15) is 0 Å². The fourth-order valence-electron chi connectivity index (χ4n) is 3.98. The Labute approximate surface area is 138 Å². The van der Waals surface area contributed by atoms with Gasteiger partial charge in [0, 0.05) is 37.9 Å². The predicted molar refractivity (Wildman–Crippen MR) is 90.0 cm³/mol. The minimum Gasteiger partial charge on any atom is -0.355 e. The molecule has 2 aliphatic rings. The third-order valence-corrected chi connectivity index (χ3v) is 5.58. The summed E-state index contributed by atoms with van der Waals surface area (Å²) in [7, 11) is 1.80. The highest BCUT2D eigenvalue weighted by atomic mass is 16.2. The van der Waals surface area contributed by atoms with Gasteiger partial charge in [0.1, 0.15) is 0 Å². The lowest BCUT2D eigenvalue weighted by Crippen LogP contribution is -2.45. The number of carbonyl (C=O) groups excluding carboxylic acids is 2. The topological polar surface area (TPSA) is 49.4 Å². The monoisotopic (exact) mass is 314 g/mol. The fourth-order valence-corrected chi connectivity index (χ4v) is 3.98. The lowest BCUT2D eigenvalue weighted by molar-refractivity contribution is -0.139. The summed E-state index contributed by atoms with van der Waals surface area (Å²) >= 11 is 0. The Balaban J connectivity index is 1.64. The molecule has 0 aromatic heterocycles. The maximum absolute atomic E-state index is 12.5. The Morgan fingerprint density at radius 3 is 2.61 bits per heavy atom. The highest BCUT2D eigenvalue weighted by molar-refractivity contribution is 5.86. The van der Waals surface area contributed by atoms with E-state index in [0.29, 0.717) is 19.5 Å². The van der Waals surface area contributed by atoms with Crippen LogP contribution < -0.4 is 5.32 Å². The zero-order valence-electron chi connectivity index (χ0n) is 13.9. The normalized spacial score (nSPS) is 23.8. The quantitative estimate of drug-likeness (QED) is 0.928. The molecule has 23 heavy (non-hydrogen) atoms. The van der Waals surface area contributed by atoms with Gasteiger partial charge in [0.05, 0.1) is 0 Å². The Kier molecular flexibility index (Phi) is 4.69. The molecule has 1 aromatic rings. The molecule has 0 spiro atoms. The number of carbonyl (C=O) groups is 2. The predicted octanol–water partition coefficient (Wildman–Crippen LogP) is 2.48. The van der Waals surface area contributed by atoms with Crippen LogP contribution in [0.1, 0.15) is 44.1 Å². The second-order valence-corrected chi connectivity index (χ2v) is 7.08. The molecule has 0 radical (unpaired) electrons. The molecule has 1 aromatic carbocycles. The van der Waals surface area contributed by atoms with E-state index in [2.05, 4.69) is 29.6 Å². The number of hydrogen-bond acceptors (Lipinski definition) is 2. The second kappa shape index (κ2) is 6.73. The first-order valence-electron chi connectivity index (χ1n) is 8.68. The first-order valence-corrected chi connectivity index (χ1v) is 8.68. The van der Waals surface area contributed by atoms with Crippen LogP contribution in [0.5, 0.6) is 0 Å². The van der Waals surface area contributed by atoms with Crippen LogP contribution >= 0.6 is 0 Å². The van der Waals surface area contributed by atoms with Crippen LogP contribution in [0.15, 0.2) is 30.3 Å². The molecule has 1 aliphatic heterocycles. The van der Waals surface area contributed by atoms with E-state index in [1.54, 1.807) is 11.9 Å². The van der Waals surface area contributed by atoms with Crippen molar-refractivity contribution >= 4 is 11.8 Å². The Morgan fingerprint density at radius 1 is 1.26 bits per heavy atom. The number of rotatable bonds is 4. The van der Waals surface area contributed by atoms with Crippen LogP contribution in [0.2, 0.25) is 0 Å². The van der Waals surface area contributed by atoms with Crippen molar-refractivity contribution < 1.29 is 9.59 Å².